The Kier molecular flexibility index (Phi) is 5.38. The number of hydrogen-bond donors (Lipinski definition) is 1. The summed E-state index contributed by atoms with van der Waals surface area (Å²) in [6.45, 7) is 4.51. The van der Waals surface area contributed by atoms with E-state index in [-0.39, 0.29) is 5.97 Å². The van der Waals surface area contributed by atoms with E-state index in [2.05, 4.69) is 0 Å². The van der Waals surface area contributed by atoms with Crippen LogP contribution in [0.3, 0.4) is 0 Å². The van der Waals surface area contributed by atoms with Crippen LogP contribution in [0.2, 0.25) is 0 Å². The van der Waals surface area contributed by atoms with Crippen LogP contribution in [0.15, 0.2) is 18.2 Å². The molecule has 0 amide bonds. The fourth-order valence-corrected chi connectivity index (χ4v) is 2.43. The number of hydrogen-bond acceptors (Lipinski definition) is 4. The van der Waals surface area contributed by atoms with Gasteiger partial charge in [-0.25, -0.2) is 0 Å². The maximum atomic E-state index is 11.4. The van der Waals surface area contributed by atoms with Crippen molar-refractivity contribution in [3.05, 3.63) is 29.3 Å². The lowest BCUT2D eigenvalue weighted by atomic mass is 10.1. The number of nitrogens with one attached hydrogen (secondary N) is 1. The average Bonchev–Trinajstić information content (AvgIpc) is 2.48. The van der Waals surface area contributed by atoms with Gasteiger partial charge in [-0.15, -0.1) is 0 Å². The number of morpholine rings is 1. The van der Waals surface area contributed by atoms with Crippen molar-refractivity contribution in [3.8, 4) is 5.75 Å². The van der Waals surface area contributed by atoms with Crippen LogP contribution in [0.25, 0.3) is 0 Å². The number of benzene rings is 1. The van der Waals surface area contributed by atoms with E-state index in [0.717, 1.165) is 49.7 Å². The Labute approximate surface area is 119 Å². The summed E-state index contributed by atoms with van der Waals surface area (Å²) in [4.78, 5) is 12.8. The number of methoxy groups -OCH3 is 2. The number of esters is 1. The van der Waals surface area contributed by atoms with E-state index in [1.54, 1.807) is 7.11 Å². The molecule has 1 heterocycles. The zero-order chi connectivity index (χ0) is 14.4. The van der Waals surface area contributed by atoms with Crippen LogP contribution in [0.4, 0.5) is 0 Å². The Morgan fingerprint density at radius 3 is 2.70 bits per heavy atom. The van der Waals surface area contributed by atoms with E-state index >= 15 is 0 Å². The predicted molar refractivity (Wildman–Crippen MR) is 73.9 cm³/mol. The zero-order valence-electron chi connectivity index (χ0n) is 12.1. The summed E-state index contributed by atoms with van der Waals surface area (Å²) in [7, 11) is 3.08. The van der Waals surface area contributed by atoms with E-state index in [1.807, 2.05) is 18.2 Å². The van der Waals surface area contributed by atoms with Gasteiger partial charge in [0.25, 0.3) is 0 Å². The Bertz CT molecular complexity index is 455. The molecule has 0 aliphatic carbocycles. The molecular formula is C15H22NO4+. The molecule has 110 valence electrons. The third-order valence-corrected chi connectivity index (χ3v) is 3.56. The highest BCUT2D eigenvalue weighted by molar-refractivity contribution is 5.72. The summed E-state index contributed by atoms with van der Waals surface area (Å²) >= 11 is 0. The topological polar surface area (TPSA) is 49.2 Å². The second kappa shape index (κ2) is 7.26. The molecule has 5 nitrogen and oxygen atoms in total. The fraction of sp³-hybridized carbons (Fsp3) is 0.533. The van der Waals surface area contributed by atoms with Gasteiger partial charge < -0.3 is 19.1 Å². The van der Waals surface area contributed by atoms with Crippen LogP contribution >= 0.6 is 0 Å². The maximum absolute atomic E-state index is 11.4. The molecule has 0 bridgehead atoms. The molecule has 0 atom stereocenters. The van der Waals surface area contributed by atoms with E-state index in [1.165, 1.54) is 12.0 Å². The summed E-state index contributed by atoms with van der Waals surface area (Å²) in [6, 6.07) is 5.87. The highest BCUT2D eigenvalue weighted by Gasteiger charge is 2.17. The van der Waals surface area contributed by atoms with Gasteiger partial charge in [0, 0.05) is 5.56 Å². The normalized spacial score (nSPS) is 15.9. The van der Waals surface area contributed by atoms with Crippen molar-refractivity contribution in [1.29, 1.82) is 0 Å². The molecule has 1 aliphatic rings. The molecule has 1 saturated heterocycles. The first-order chi connectivity index (χ1) is 9.72. The van der Waals surface area contributed by atoms with Crippen LogP contribution in [-0.2, 0) is 27.2 Å². The Hall–Kier alpha value is -1.59. The van der Waals surface area contributed by atoms with Crippen LogP contribution in [0.5, 0.6) is 5.75 Å². The molecular weight excluding hydrogens is 258 g/mol. The molecule has 0 spiro atoms. The Morgan fingerprint density at radius 1 is 1.30 bits per heavy atom. The minimum atomic E-state index is -0.222. The zero-order valence-corrected chi connectivity index (χ0v) is 12.1. The number of carbonyl (C=O) groups is 1. The van der Waals surface area contributed by atoms with Crippen molar-refractivity contribution in [2.45, 2.75) is 13.0 Å². The van der Waals surface area contributed by atoms with Gasteiger partial charge in [0.05, 0.1) is 33.9 Å². The smallest absolute Gasteiger partial charge is 0.309 e. The van der Waals surface area contributed by atoms with E-state index in [4.69, 9.17) is 14.2 Å². The summed E-state index contributed by atoms with van der Waals surface area (Å²) in [5.41, 5.74) is 2.09. The standard InChI is InChI=1S/C15H21NO4/c1-18-14-4-3-12(10-15(17)19-2)9-13(14)11-16-5-7-20-8-6-16/h3-4,9H,5-8,10-11H2,1-2H3/p+1. The molecule has 0 aromatic heterocycles. The molecule has 2 rings (SSSR count). The lowest BCUT2D eigenvalue weighted by molar-refractivity contribution is -0.921. The maximum Gasteiger partial charge on any atom is 0.309 e. The summed E-state index contributed by atoms with van der Waals surface area (Å²) in [5.74, 6) is 0.650. The molecule has 1 aliphatic heterocycles. The molecule has 1 fully saturated rings. The molecule has 5 heteroatoms. The second-order valence-corrected chi connectivity index (χ2v) is 4.94. The summed E-state index contributed by atoms with van der Waals surface area (Å²) in [6.07, 6.45) is 0.298. The van der Waals surface area contributed by atoms with Gasteiger partial charge in [-0.3, -0.25) is 4.79 Å². The van der Waals surface area contributed by atoms with Gasteiger partial charge in [0.2, 0.25) is 0 Å². The first-order valence-corrected chi connectivity index (χ1v) is 6.87. The molecule has 1 aromatic rings. The number of ether oxygens (including phenoxy) is 3. The highest BCUT2D eigenvalue weighted by Crippen LogP contribution is 2.19. The van der Waals surface area contributed by atoms with Crippen LogP contribution in [0.1, 0.15) is 11.1 Å². The van der Waals surface area contributed by atoms with Crippen molar-refractivity contribution in [2.24, 2.45) is 0 Å². The molecule has 1 N–H and O–H groups in total. The van der Waals surface area contributed by atoms with Gasteiger partial charge in [-0.2, -0.15) is 0 Å². The Morgan fingerprint density at radius 2 is 2.05 bits per heavy atom. The fourth-order valence-electron chi connectivity index (χ4n) is 2.43. The first-order valence-electron chi connectivity index (χ1n) is 6.87. The average molecular weight is 280 g/mol. The third-order valence-electron chi connectivity index (χ3n) is 3.56. The minimum Gasteiger partial charge on any atom is -0.496 e. The molecule has 1 aromatic carbocycles. The van der Waals surface area contributed by atoms with Crippen LogP contribution in [0, 0.1) is 0 Å². The molecule has 20 heavy (non-hydrogen) atoms. The van der Waals surface area contributed by atoms with Crippen molar-refractivity contribution < 1.29 is 23.9 Å². The number of quaternary nitrogens is 1. The number of rotatable bonds is 5. The SMILES string of the molecule is COC(=O)Cc1ccc(OC)c(C[NH+]2CCOCC2)c1. The van der Waals surface area contributed by atoms with Gasteiger partial charge in [-0.05, 0) is 17.7 Å². The van der Waals surface area contributed by atoms with E-state index < -0.39 is 0 Å². The van der Waals surface area contributed by atoms with Crippen LogP contribution in [-0.4, -0.2) is 46.5 Å². The lowest BCUT2D eigenvalue weighted by Crippen LogP contribution is -3.12. The lowest BCUT2D eigenvalue weighted by Gasteiger charge is -2.24. The van der Waals surface area contributed by atoms with Gasteiger partial charge >= 0.3 is 5.97 Å². The van der Waals surface area contributed by atoms with Gasteiger partial charge in [-0.1, -0.05) is 6.07 Å². The summed E-state index contributed by atoms with van der Waals surface area (Å²) in [5, 5.41) is 0. The predicted octanol–water partition coefficient (Wildman–Crippen LogP) is -0.174. The van der Waals surface area contributed by atoms with E-state index in [0.29, 0.717) is 6.42 Å². The largest absolute Gasteiger partial charge is 0.496 e. The van der Waals surface area contributed by atoms with Crippen molar-refractivity contribution in [3.63, 3.8) is 0 Å². The first kappa shape index (κ1) is 14.8. The molecule has 0 saturated carbocycles. The minimum absolute atomic E-state index is 0.222. The van der Waals surface area contributed by atoms with Crippen molar-refractivity contribution in [1.82, 2.24) is 0 Å². The van der Waals surface area contributed by atoms with E-state index in [9.17, 15) is 4.79 Å². The second-order valence-electron chi connectivity index (χ2n) is 4.94. The third kappa shape index (κ3) is 3.95. The molecule has 0 radical (unpaired) electrons. The Balaban J connectivity index is 2.11. The monoisotopic (exact) mass is 280 g/mol. The van der Waals surface area contributed by atoms with Gasteiger partial charge in [0.15, 0.2) is 0 Å². The summed E-state index contributed by atoms with van der Waals surface area (Å²) < 4.78 is 15.5. The van der Waals surface area contributed by atoms with Crippen molar-refractivity contribution in [2.75, 3.05) is 40.5 Å². The number of carbonyl (C=O) groups excluding carboxylic acids is 1. The van der Waals surface area contributed by atoms with Gasteiger partial charge in [0.1, 0.15) is 25.4 Å². The molecule has 0 unspecified atom stereocenters. The quantitative estimate of drug-likeness (QED) is 0.761. The highest BCUT2D eigenvalue weighted by atomic mass is 16.5. The van der Waals surface area contributed by atoms with Crippen molar-refractivity contribution >= 4 is 5.97 Å². The van der Waals surface area contributed by atoms with Crippen LogP contribution < -0.4 is 9.64 Å².